The Morgan fingerprint density at radius 2 is 1.75 bits per heavy atom. The van der Waals surface area contributed by atoms with Crippen LogP contribution in [0.25, 0.3) is 0 Å². The zero-order chi connectivity index (χ0) is 20.3. The average molecular weight is 397 g/mol. The number of aryl methyl sites for hydroxylation is 1. The second-order valence-corrected chi connectivity index (χ2v) is 7.31. The highest BCUT2D eigenvalue weighted by Crippen LogP contribution is 2.28. The molecule has 28 heavy (non-hydrogen) atoms. The summed E-state index contributed by atoms with van der Waals surface area (Å²) in [4.78, 5) is 39.1. The molecule has 0 saturated carbocycles. The lowest BCUT2D eigenvalue weighted by molar-refractivity contribution is 0.0828. The number of anilines is 2. The third-order valence-corrected chi connectivity index (χ3v) is 5.07. The maximum absolute atomic E-state index is 12.8. The fourth-order valence-corrected chi connectivity index (χ4v) is 3.51. The lowest BCUT2D eigenvalue weighted by atomic mass is 10.1. The van der Waals surface area contributed by atoms with Crippen molar-refractivity contribution in [1.82, 2.24) is 4.90 Å². The van der Waals surface area contributed by atoms with Gasteiger partial charge in [0.15, 0.2) is 5.76 Å². The van der Waals surface area contributed by atoms with E-state index in [9.17, 15) is 14.4 Å². The summed E-state index contributed by atoms with van der Waals surface area (Å²) >= 11 is 1.15. The third kappa shape index (κ3) is 4.12. The minimum absolute atomic E-state index is 0.188. The number of para-hydroxylation sites is 1. The van der Waals surface area contributed by atoms with Gasteiger partial charge in [0.2, 0.25) is 0 Å². The van der Waals surface area contributed by atoms with Crippen LogP contribution in [-0.2, 0) is 0 Å². The molecule has 0 atom stereocenters. The van der Waals surface area contributed by atoms with Gasteiger partial charge < -0.3 is 20.0 Å². The number of furan rings is 1. The van der Waals surface area contributed by atoms with E-state index in [0.717, 1.165) is 11.3 Å². The Balaban J connectivity index is 1.78. The number of amides is 3. The first-order valence-corrected chi connectivity index (χ1v) is 9.26. The molecule has 0 radical (unpaired) electrons. The summed E-state index contributed by atoms with van der Waals surface area (Å²) in [5, 5.41) is 6.03. The fraction of sp³-hybridized carbons (Fsp3) is 0.150. The van der Waals surface area contributed by atoms with Crippen molar-refractivity contribution in [3.63, 3.8) is 0 Å². The molecule has 0 aliphatic heterocycles. The normalized spacial score (nSPS) is 10.4. The van der Waals surface area contributed by atoms with Crippen molar-refractivity contribution in [3.05, 3.63) is 70.5 Å². The van der Waals surface area contributed by atoms with E-state index in [1.165, 1.54) is 11.2 Å². The van der Waals surface area contributed by atoms with Crippen molar-refractivity contribution in [3.8, 4) is 0 Å². The fourth-order valence-electron chi connectivity index (χ4n) is 2.55. The minimum Gasteiger partial charge on any atom is -0.459 e. The van der Waals surface area contributed by atoms with Gasteiger partial charge in [0.05, 0.1) is 27.4 Å². The molecule has 2 heterocycles. The Labute approximate surface area is 166 Å². The zero-order valence-electron chi connectivity index (χ0n) is 15.6. The van der Waals surface area contributed by atoms with E-state index in [1.807, 2.05) is 0 Å². The van der Waals surface area contributed by atoms with Gasteiger partial charge in [-0.1, -0.05) is 12.1 Å². The van der Waals surface area contributed by atoms with Crippen molar-refractivity contribution in [1.29, 1.82) is 0 Å². The molecule has 2 aromatic heterocycles. The van der Waals surface area contributed by atoms with E-state index in [4.69, 9.17) is 4.42 Å². The Kier molecular flexibility index (Phi) is 5.60. The summed E-state index contributed by atoms with van der Waals surface area (Å²) in [6, 6.07) is 11.7. The number of benzene rings is 1. The van der Waals surface area contributed by atoms with E-state index >= 15 is 0 Å². The first-order chi connectivity index (χ1) is 13.4. The Hall–Kier alpha value is -3.39. The standard InChI is InChI=1S/C20H19N3O4S/c1-12-11-16(22-18(24)15-9-6-10-27-15)28-17(12)19(25)21-14-8-5-4-7-13(14)20(26)23(2)3/h4-11H,1-3H3,(H,21,25)(H,22,24). The Bertz CT molecular complexity index is 1020. The van der Waals surface area contributed by atoms with Crippen LogP contribution in [-0.4, -0.2) is 36.7 Å². The largest absolute Gasteiger partial charge is 0.459 e. The topological polar surface area (TPSA) is 91.6 Å². The zero-order valence-corrected chi connectivity index (χ0v) is 16.4. The van der Waals surface area contributed by atoms with Crippen molar-refractivity contribution in [2.45, 2.75) is 6.92 Å². The SMILES string of the molecule is Cc1cc(NC(=O)c2ccco2)sc1C(=O)Nc1ccccc1C(=O)N(C)C. The van der Waals surface area contributed by atoms with E-state index in [2.05, 4.69) is 10.6 Å². The number of thiophene rings is 1. The molecule has 8 heteroatoms. The van der Waals surface area contributed by atoms with Gasteiger partial charge in [-0.15, -0.1) is 11.3 Å². The Morgan fingerprint density at radius 1 is 1.00 bits per heavy atom. The van der Waals surface area contributed by atoms with Gasteiger partial charge in [-0.2, -0.15) is 0 Å². The summed E-state index contributed by atoms with van der Waals surface area (Å²) < 4.78 is 5.06. The van der Waals surface area contributed by atoms with Crippen LogP contribution < -0.4 is 10.6 Å². The smallest absolute Gasteiger partial charge is 0.291 e. The van der Waals surface area contributed by atoms with Crippen LogP contribution in [0, 0.1) is 6.92 Å². The van der Waals surface area contributed by atoms with Crippen LogP contribution in [0.5, 0.6) is 0 Å². The molecule has 0 unspecified atom stereocenters. The lowest BCUT2D eigenvalue weighted by Crippen LogP contribution is -2.24. The summed E-state index contributed by atoms with van der Waals surface area (Å²) in [5.74, 6) is -0.751. The van der Waals surface area contributed by atoms with Crippen LogP contribution in [0.3, 0.4) is 0 Å². The highest BCUT2D eigenvalue weighted by Gasteiger charge is 2.19. The molecule has 0 saturated heterocycles. The second-order valence-electron chi connectivity index (χ2n) is 6.25. The minimum atomic E-state index is -0.389. The second kappa shape index (κ2) is 8.10. The molecule has 3 rings (SSSR count). The summed E-state index contributed by atoms with van der Waals surface area (Å²) in [6.07, 6.45) is 1.42. The van der Waals surface area contributed by atoms with Gasteiger partial charge in [-0.3, -0.25) is 14.4 Å². The number of hydrogen-bond donors (Lipinski definition) is 2. The Morgan fingerprint density at radius 3 is 2.43 bits per heavy atom. The van der Waals surface area contributed by atoms with Crippen molar-refractivity contribution < 1.29 is 18.8 Å². The number of rotatable bonds is 5. The van der Waals surface area contributed by atoms with Crippen LogP contribution in [0.4, 0.5) is 10.7 Å². The van der Waals surface area contributed by atoms with Crippen LogP contribution in [0.1, 0.15) is 36.1 Å². The average Bonchev–Trinajstić information content (AvgIpc) is 3.31. The summed E-state index contributed by atoms with van der Waals surface area (Å²) in [5.41, 5.74) is 1.55. The van der Waals surface area contributed by atoms with Crippen molar-refractivity contribution in [2.75, 3.05) is 24.7 Å². The van der Waals surface area contributed by atoms with Crippen molar-refractivity contribution in [2.24, 2.45) is 0 Å². The molecule has 7 nitrogen and oxygen atoms in total. The molecule has 3 aromatic rings. The molecule has 0 aliphatic carbocycles. The van der Waals surface area contributed by atoms with Gasteiger partial charge >= 0.3 is 0 Å². The molecular formula is C20H19N3O4S. The van der Waals surface area contributed by atoms with Crippen LogP contribution in [0.2, 0.25) is 0 Å². The summed E-state index contributed by atoms with van der Waals surface area (Å²) in [6.45, 7) is 1.78. The number of nitrogens with one attached hydrogen (secondary N) is 2. The molecule has 0 aliphatic rings. The van der Waals surface area contributed by atoms with Crippen molar-refractivity contribution >= 4 is 39.7 Å². The predicted molar refractivity (Wildman–Crippen MR) is 108 cm³/mol. The van der Waals surface area contributed by atoms with E-state index in [1.54, 1.807) is 63.5 Å². The number of hydrogen-bond acceptors (Lipinski definition) is 5. The molecule has 0 fully saturated rings. The predicted octanol–water partition coefficient (Wildman–Crippen LogP) is 3.86. The maximum atomic E-state index is 12.8. The summed E-state index contributed by atoms with van der Waals surface area (Å²) in [7, 11) is 3.30. The molecule has 0 bridgehead atoms. The highest BCUT2D eigenvalue weighted by atomic mass is 32.1. The molecule has 1 aromatic carbocycles. The van der Waals surface area contributed by atoms with Gasteiger partial charge in [-0.05, 0) is 42.8 Å². The molecule has 144 valence electrons. The van der Waals surface area contributed by atoms with Gasteiger partial charge in [-0.25, -0.2) is 0 Å². The maximum Gasteiger partial charge on any atom is 0.291 e. The van der Waals surface area contributed by atoms with E-state index in [-0.39, 0.29) is 23.5 Å². The lowest BCUT2D eigenvalue weighted by Gasteiger charge is -2.14. The van der Waals surface area contributed by atoms with Gasteiger partial charge in [0.1, 0.15) is 0 Å². The van der Waals surface area contributed by atoms with E-state index < -0.39 is 0 Å². The van der Waals surface area contributed by atoms with Crippen LogP contribution in [0.15, 0.2) is 53.1 Å². The first-order valence-electron chi connectivity index (χ1n) is 8.44. The molecule has 2 N–H and O–H groups in total. The van der Waals surface area contributed by atoms with E-state index in [0.29, 0.717) is 26.7 Å². The van der Waals surface area contributed by atoms with Crippen LogP contribution >= 0.6 is 11.3 Å². The molecule has 3 amide bonds. The van der Waals surface area contributed by atoms with Gasteiger partial charge in [0, 0.05) is 14.1 Å². The molecular weight excluding hydrogens is 378 g/mol. The number of carbonyl (C=O) groups excluding carboxylic acids is 3. The highest BCUT2D eigenvalue weighted by molar-refractivity contribution is 7.18. The molecule has 0 spiro atoms. The first kappa shape index (κ1) is 19.4. The third-order valence-electron chi connectivity index (χ3n) is 3.92. The number of carbonyl (C=O) groups is 3. The quantitative estimate of drug-likeness (QED) is 0.684. The monoisotopic (exact) mass is 397 g/mol. The number of nitrogens with zero attached hydrogens (tertiary/aromatic N) is 1. The van der Waals surface area contributed by atoms with Gasteiger partial charge in [0.25, 0.3) is 17.7 Å².